The Hall–Kier alpha value is -0.640. The van der Waals surface area contributed by atoms with E-state index < -0.39 is 0 Å². The number of aliphatic hydroxyl groups excluding tert-OH is 1. The van der Waals surface area contributed by atoms with Crippen LogP contribution in [0.15, 0.2) is 12.3 Å². The Kier molecular flexibility index (Phi) is 3.86. The summed E-state index contributed by atoms with van der Waals surface area (Å²) in [5, 5.41) is 9.32. The summed E-state index contributed by atoms with van der Waals surface area (Å²) in [6.45, 7) is 6.07. The molecule has 1 amide bonds. The van der Waals surface area contributed by atoms with Crippen molar-refractivity contribution >= 4 is 18.5 Å². The van der Waals surface area contributed by atoms with Gasteiger partial charge in [-0.25, -0.2) is 0 Å². The predicted octanol–water partition coefficient (Wildman–Crippen LogP) is 1.61. The quantitative estimate of drug-likeness (QED) is 0.555. The third kappa shape index (κ3) is 2.23. The number of rotatable bonds is 3. The molecule has 0 spiro atoms. The fourth-order valence-electron chi connectivity index (χ4n) is 1.74. The zero-order valence-electron chi connectivity index (χ0n) is 8.44. The maximum Gasteiger partial charge on any atom is 0.226 e. The average molecular weight is 215 g/mol. The minimum absolute atomic E-state index is 0.0673. The Bertz CT molecular complexity index is 242. The zero-order valence-corrected chi connectivity index (χ0v) is 9.33. The number of likely N-dealkylation sites (tertiary alicyclic amines) is 1. The number of carbonyl (C=O) groups excluding carboxylic acids is 1. The summed E-state index contributed by atoms with van der Waals surface area (Å²) in [7, 11) is 0. The molecule has 1 N–H and O–H groups in total. The van der Waals surface area contributed by atoms with Gasteiger partial charge < -0.3 is 10.0 Å². The number of hydrogen-bond acceptors (Lipinski definition) is 3. The molecule has 1 heterocycles. The number of amides is 1. The number of carbonyl (C=O) groups is 1. The van der Waals surface area contributed by atoms with E-state index in [1.54, 1.807) is 4.90 Å². The Morgan fingerprint density at radius 2 is 2.43 bits per heavy atom. The lowest BCUT2D eigenvalue weighted by atomic mass is 10.1. The molecule has 0 aliphatic carbocycles. The van der Waals surface area contributed by atoms with Crippen molar-refractivity contribution in [1.82, 2.24) is 4.90 Å². The van der Waals surface area contributed by atoms with Crippen LogP contribution in [0.2, 0.25) is 0 Å². The van der Waals surface area contributed by atoms with Gasteiger partial charge in [0.25, 0.3) is 0 Å². The second kappa shape index (κ2) is 4.73. The van der Waals surface area contributed by atoms with Crippen molar-refractivity contribution in [1.29, 1.82) is 0 Å². The third-order valence-electron chi connectivity index (χ3n) is 2.62. The van der Waals surface area contributed by atoms with E-state index in [1.807, 2.05) is 6.92 Å². The summed E-state index contributed by atoms with van der Waals surface area (Å²) in [6.07, 6.45) is 1.76. The van der Waals surface area contributed by atoms with Gasteiger partial charge in [0.1, 0.15) is 5.76 Å². The first kappa shape index (κ1) is 11.4. The summed E-state index contributed by atoms with van der Waals surface area (Å²) in [6, 6.07) is -0.176. The fraction of sp³-hybridized carbons (Fsp3) is 0.700. The van der Waals surface area contributed by atoms with Crippen molar-refractivity contribution in [2.45, 2.75) is 25.8 Å². The molecular weight excluding hydrogens is 198 g/mol. The molecule has 4 heteroatoms. The van der Waals surface area contributed by atoms with Crippen molar-refractivity contribution in [3.8, 4) is 0 Å². The highest BCUT2D eigenvalue weighted by Crippen LogP contribution is 2.23. The molecule has 0 aromatic carbocycles. The molecule has 2 atom stereocenters. The molecule has 1 saturated heterocycles. The molecule has 0 bridgehead atoms. The molecular formula is C10H17NO2S. The van der Waals surface area contributed by atoms with Gasteiger partial charge in [-0.15, -0.1) is 0 Å². The van der Waals surface area contributed by atoms with Gasteiger partial charge in [-0.2, -0.15) is 12.6 Å². The lowest BCUT2D eigenvalue weighted by Crippen LogP contribution is -2.40. The van der Waals surface area contributed by atoms with E-state index in [1.165, 1.54) is 0 Å². The summed E-state index contributed by atoms with van der Waals surface area (Å²) >= 11 is 4.10. The van der Waals surface area contributed by atoms with E-state index in [2.05, 4.69) is 19.2 Å². The van der Waals surface area contributed by atoms with Gasteiger partial charge in [-0.3, -0.25) is 4.79 Å². The van der Waals surface area contributed by atoms with Gasteiger partial charge in [-0.1, -0.05) is 13.5 Å². The minimum Gasteiger partial charge on any atom is -0.511 e. The number of aliphatic hydroxyl groups is 1. The largest absolute Gasteiger partial charge is 0.511 e. The van der Waals surface area contributed by atoms with Crippen molar-refractivity contribution in [2.24, 2.45) is 5.92 Å². The molecule has 80 valence electrons. The van der Waals surface area contributed by atoms with Crippen LogP contribution in [0.1, 0.15) is 19.8 Å². The maximum atomic E-state index is 11.8. The van der Waals surface area contributed by atoms with E-state index in [0.717, 1.165) is 19.4 Å². The first-order valence-corrected chi connectivity index (χ1v) is 5.50. The first-order chi connectivity index (χ1) is 6.57. The van der Waals surface area contributed by atoms with E-state index in [4.69, 9.17) is 0 Å². The van der Waals surface area contributed by atoms with Crippen LogP contribution in [0.3, 0.4) is 0 Å². The Labute approximate surface area is 90.2 Å². The molecule has 14 heavy (non-hydrogen) atoms. The van der Waals surface area contributed by atoms with Gasteiger partial charge >= 0.3 is 0 Å². The van der Waals surface area contributed by atoms with E-state index in [0.29, 0.717) is 5.75 Å². The van der Waals surface area contributed by atoms with Crippen LogP contribution in [-0.2, 0) is 4.79 Å². The van der Waals surface area contributed by atoms with Gasteiger partial charge in [0.05, 0.1) is 6.04 Å². The van der Waals surface area contributed by atoms with Crippen molar-refractivity contribution in [3.63, 3.8) is 0 Å². The molecule has 3 nitrogen and oxygen atoms in total. The monoisotopic (exact) mass is 215 g/mol. The standard InChI is InChI=1S/C10H17NO2S/c1-7(6-14)10(13)11-5-3-4-9(11)8(2)12/h7,9,12,14H,2-6H2,1H3. The summed E-state index contributed by atoms with van der Waals surface area (Å²) in [4.78, 5) is 13.5. The normalized spacial score (nSPS) is 23.6. The second-order valence-corrected chi connectivity index (χ2v) is 4.13. The third-order valence-corrected chi connectivity index (χ3v) is 3.16. The SMILES string of the molecule is C=C(O)C1CCCN1C(=O)C(C)CS. The zero-order chi connectivity index (χ0) is 10.7. The second-order valence-electron chi connectivity index (χ2n) is 3.76. The summed E-state index contributed by atoms with van der Waals surface area (Å²) in [5.74, 6) is 0.623. The lowest BCUT2D eigenvalue weighted by molar-refractivity contribution is -0.134. The van der Waals surface area contributed by atoms with Crippen LogP contribution in [0.25, 0.3) is 0 Å². The molecule has 0 radical (unpaired) electrons. The van der Waals surface area contributed by atoms with Crippen molar-refractivity contribution in [2.75, 3.05) is 12.3 Å². The van der Waals surface area contributed by atoms with Crippen molar-refractivity contribution < 1.29 is 9.90 Å². The van der Waals surface area contributed by atoms with Crippen LogP contribution in [0.5, 0.6) is 0 Å². The highest BCUT2D eigenvalue weighted by molar-refractivity contribution is 7.80. The molecule has 1 rings (SSSR count). The molecule has 0 aromatic rings. The molecule has 1 aliphatic heterocycles. The van der Waals surface area contributed by atoms with Gasteiger partial charge in [0.15, 0.2) is 0 Å². The smallest absolute Gasteiger partial charge is 0.226 e. The summed E-state index contributed by atoms with van der Waals surface area (Å²) < 4.78 is 0. The Morgan fingerprint density at radius 1 is 1.79 bits per heavy atom. The average Bonchev–Trinajstić information content (AvgIpc) is 2.63. The topological polar surface area (TPSA) is 40.5 Å². The van der Waals surface area contributed by atoms with E-state index >= 15 is 0 Å². The summed E-state index contributed by atoms with van der Waals surface area (Å²) in [5.41, 5.74) is 0. The fourth-order valence-corrected chi connectivity index (χ4v) is 1.89. The number of nitrogens with zero attached hydrogens (tertiary/aromatic N) is 1. The minimum atomic E-state index is -0.176. The maximum absolute atomic E-state index is 11.8. The van der Waals surface area contributed by atoms with Gasteiger partial charge in [0.2, 0.25) is 5.91 Å². The Morgan fingerprint density at radius 3 is 2.93 bits per heavy atom. The van der Waals surface area contributed by atoms with Crippen LogP contribution in [0.4, 0.5) is 0 Å². The number of thiol groups is 1. The highest BCUT2D eigenvalue weighted by Gasteiger charge is 2.32. The van der Waals surface area contributed by atoms with Crippen LogP contribution < -0.4 is 0 Å². The molecule has 0 aromatic heterocycles. The first-order valence-electron chi connectivity index (χ1n) is 4.87. The van der Waals surface area contributed by atoms with E-state index in [9.17, 15) is 9.90 Å². The highest BCUT2D eigenvalue weighted by atomic mass is 32.1. The molecule has 0 saturated carbocycles. The molecule has 1 aliphatic rings. The van der Waals surface area contributed by atoms with E-state index in [-0.39, 0.29) is 23.6 Å². The van der Waals surface area contributed by atoms with Crippen LogP contribution in [0, 0.1) is 5.92 Å². The van der Waals surface area contributed by atoms with Crippen LogP contribution >= 0.6 is 12.6 Å². The molecule has 1 fully saturated rings. The Balaban J connectivity index is 2.67. The van der Waals surface area contributed by atoms with Gasteiger partial charge in [-0.05, 0) is 12.8 Å². The van der Waals surface area contributed by atoms with Crippen LogP contribution in [-0.4, -0.2) is 34.3 Å². The predicted molar refractivity (Wildman–Crippen MR) is 59.5 cm³/mol. The van der Waals surface area contributed by atoms with Gasteiger partial charge in [0, 0.05) is 18.2 Å². The molecule has 2 unspecified atom stereocenters. The van der Waals surface area contributed by atoms with Crippen molar-refractivity contribution in [3.05, 3.63) is 12.3 Å². The number of hydrogen-bond donors (Lipinski definition) is 2. The lowest BCUT2D eigenvalue weighted by Gasteiger charge is -2.26.